The highest BCUT2D eigenvalue weighted by Gasteiger charge is 2.22. The molecule has 114 valence electrons. The van der Waals surface area contributed by atoms with E-state index in [9.17, 15) is 4.57 Å². The monoisotopic (exact) mass is 288 g/mol. The fourth-order valence-electron chi connectivity index (χ4n) is 2.69. The first-order valence-electron chi connectivity index (χ1n) is 7.73. The summed E-state index contributed by atoms with van der Waals surface area (Å²) >= 11 is 0. The van der Waals surface area contributed by atoms with Crippen LogP contribution in [0.3, 0.4) is 0 Å². The lowest BCUT2D eigenvalue weighted by molar-refractivity contribution is 0.0875. The molecule has 0 heterocycles. The van der Waals surface area contributed by atoms with E-state index in [2.05, 4.69) is 41.5 Å². The molecule has 0 aliphatic heterocycles. The molecule has 0 aromatic rings. The van der Waals surface area contributed by atoms with Crippen LogP contribution in [-0.4, -0.2) is 5.60 Å². The second kappa shape index (κ2) is 9.08. The average molecular weight is 288 g/mol. The van der Waals surface area contributed by atoms with Gasteiger partial charge in [-0.2, -0.15) is 0 Å². The van der Waals surface area contributed by atoms with E-state index in [1.54, 1.807) is 0 Å². The minimum absolute atomic E-state index is 0.187. The Morgan fingerprint density at radius 2 is 1.74 bits per heavy atom. The molecule has 0 bridgehead atoms. The molecular formula is C16H33O2P. The van der Waals surface area contributed by atoms with Crippen LogP contribution < -0.4 is 0 Å². The van der Waals surface area contributed by atoms with Crippen LogP contribution in [0.15, 0.2) is 0 Å². The number of unbranched alkanes of at least 4 members (excludes halogenated alkanes) is 2. The Kier molecular flexibility index (Phi) is 9.11. The minimum atomic E-state index is -0.208. The lowest BCUT2D eigenvalue weighted by Crippen LogP contribution is -2.23. The van der Waals surface area contributed by atoms with Crippen LogP contribution in [0.25, 0.3) is 0 Å². The average Bonchev–Trinajstić information content (AvgIpc) is 2.26. The quantitative estimate of drug-likeness (QED) is 0.343. The maximum atomic E-state index is 10.6. The van der Waals surface area contributed by atoms with Crippen molar-refractivity contribution in [1.82, 2.24) is 0 Å². The Morgan fingerprint density at radius 1 is 1.11 bits per heavy atom. The third-order valence-electron chi connectivity index (χ3n) is 3.87. The van der Waals surface area contributed by atoms with Crippen molar-refractivity contribution >= 4 is 8.69 Å². The van der Waals surface area contributed by atoms with E-state index >= 15 is 0 Å². The van der Waals surface area contributed by atoms with Crippen molar-refractivity contribution in [3.63, 3.8) is 0 Å². The highest BCUT2D eigenvalue weighted by Crippen LogP contribution is 2.29. The fourth-order valence-corrected chi connectivity index (χ4v) is 3.09. The lowest BCUT2D eigenvalue weighted by atomic mass is 9.83. The summed E-state index contributed by atoms with van der Waals surface area (Å²) in [5, 5.41) is 0. The molecule has 0 spiro atoms. The summed E-state index contributed by atoms with van der Waals surface area (Å²) in [6.45, 7) is 13.5. The second-order valence-electron chi connectivity index (χ2n) is 7.44. The van der Waals surface area contributed by atoms with Crippen molar-refractivity contribution in [3.8, 4) is 0 Å². The highest BCUT2D eigenvalue weighted by molar-refractivity contribution is 7.17. The molecular weight excluding hydrogens is 255 g/mol. The van der Waals surface area contributed by atoms with Gasteiger partial charge in [0.2, 0.25) is 0 Å². The van der Waals surface area contributed by atoms with Gasteiger partial charge in [0.05, 0.1) is 5.60 Å². The number of hydrogen-bond donors (Lipinski definition) is 0. The van der Waals surface area contributed by atoms with Gasteiger partial charge >= 0.3 is 8.69 Å². The number of rotatable bonds is 10. The van der Waals surface area contributed by atoms with Gasteiger partial charge in [-0.1, -0.05) is 60.3 Å². The summed E-state index contributed by atoms with van der Waals surface area (Å²) in [6.07, 6.45) is 8.27. The molecule has 3 heteroatoms. The van der Waals surface area contributed by atoms with Crippen molar-refractivity contribution in [3.05, 3.63) is 0 Å². The topological polar surface area (TPSA) is 26.3 Å². The molecule has 0 rings (SSSR count). The summed E-state index contributed by atoms with van der Waals surface area (Å²) in [4.78, 5) is 0. The van der Waals surface area contributed by atoms with Crippen LogP contribution in [0.2, 0.25) is 0 Å². The predicted octanol–water partition coefficient (Wildman–Crippen LogP) is 6.40. The van der Waals surface area contributed by atoms with E-state index in [1.807, 2.05) is 0 Å². The molecule has 19 heavy (non-hydrogen) atoms. The number of hydrogen-bond acceptors (Lipinski definition) is 2. The van der Waals surface area contributed by atoms with Gasteiger partial charge in [-0.3, -0.25) is 4.52 Å². The van der Waals surface area contributed by atoms with E-state index in [0.717, 1.165) is 18.8 Å². The second-order valence-corrected chi connectivity index (χ2v) is 7.77. The largest absolute Gasteiger partial charge is 0.327 e. The molecule has 0 saturated carbocycles. The summed E-state index contributed by atoms with van der Waals surface area (Å²) in [5.41, 5.74) is 0.238. The van der Waals surface area contributed by atoms with Crippen LogP contribution in [0.1, 0.15) is 86.5 Å². The smallest absolute Gasteiger partial charge is 0.288 e. The van der Waals surface area contributed by atoms with Crippen molar-refractivity contribution in [1.29, 1.82) is 0 Å². The lowest BCUT2D eigenvalue weighted by Gasteiger charge is -2.25. The third kappa shape index (κ3) is 10.5. The molecule has 0 amide bonds. The molecule has 0 aromatic carbocycles. The molecule has 0 fully saturated rings. The molecule has 0 radical (unpaired) electrons. The molecule has 0 N–H and O–H groups in total. The Hall–Kier alpha value is 0.0600. The van der Waals surface area contributed by atoms with Crippen LogP contribution in [-0.2, 0) is 9.09 Å². The van der Waals surface area contributed by atoms with Gasteiger partial charge in [-0.15, -0.1) is 0 Å². The van der Waals surface area contributed by atoms with Crippen LogP contribution >= 0.6 is 8.69 Å². The standard InChI is InChI=1S/C16H33O2P/c1-7-16(6,18-19-17)12-10-8-9-11-14(2)13-15(3,4)5/h14H,7-13H2,1-6H3. The van der Waals surface area contributed by atoms with E-state index in [0.29, 0.717) is 5.41 Å². The Bertz CT molecular complexity index is 248. The van der Waals surface area contributed by atoms with E-state index < -0.39 is 0 Å². The molecule has 0 aliphatic carbocycles. The first-order chi connectivity index (χ1) is 8.72. The first kappa shape index (κ1) is 19.1. The van der Waals surface area contributed by atoms with Crippen LogP contribution in [0.4, 0.5) is 0 Å². The third-order valence-corrected chi connectivity index (χ3v) is 4.38. The van der Waals surface area contributed by atoms with Crippen molar-refractivity contribution < 1.29 is 9.09 Å². The molecule has 0 saturated heterocycles. The molecule has 0 aliphatic rings. The summed E-state index contributed by atoms with van der Waals surface area (Å²) in [5.74, 6) is 0.814. The maximum absolute atomic E-state index is 10.6. The van der Waals surface area contributed by atoms with Crippen molar-refractivity contribution in [2.75, 3.05) is 0 Å². The van der Waals surface area contributed by atoms with Crippen molar-refractivity contribution in [2.45, 2.75) is 92.1 Å². The Morgan fingerprint density at radius 3 is 2.21 bits per heavy atom. The highest BCUT2D eigenvalue weighted by atomic mass is 31.1. The Labute approximate surface area is 122 Å². The van der Waals surface area contributed by atoms with Crippen molar-refractivity contribution in [2.24, 2.45) is 11.3 Å². The maximum Gasteiger partial charge on any atom is 0.327 e. The molecule has 0 aromatic heterocycles. The van der Waals surface area contributed by atoms with Gasteiger partial charge < -0.3 is 0 Å². The van der Waals surface area contributed by atoms with Crippen LogP contribution in [0.5, 0.6) is 0 Å². The first-order valence-corrected chi connectivity index (χ1v) is 8.46. The van der Waals surface area contributed by atoms with Gasteiger partial charge in [0, 0.05) is 0 Å². The van der Waals surface area contributed by atoms with Gasteiger partial charge in [0.25, 0.3) is 0 Å². The minimum Gasteiger partial charge on any atom is -0.288 e. The fraction of sp³-hybridized carbons (Fsp3) is 1.00. The molecule has 2 atom stereocenters. The zero-order valence-electron chi connectivity index (χ0n) is 13.8. The summed E-state index contributed by atoms with van der Waals surface area (Å²) < 4.78 is 15.9. The zero-order valence-corrected chi connectivity index (χ0v) is 14.7. The summed E-state index contributed by atoms with van der Waals surface area (Å²) in [6, 6.07) is 0. The van der Waals surface area contributed by atoms with Gasteiger partial charge in [-0.05, 0) is 37.5 Å². The Balaban J connectivity index is 3.72. The van der Waals surface area contributed by atoms with Gasteiger partial charge in [0.15, 0.2) is 0 Å². The van der Waals surface area contributed by atoms with Gasteiger partial charge in [0.1, 0.15) is 0 Å². The zero-order chi connectivity index (χ0) is 14.9. The molecule has 2 unspecified atom stereocenters. The van der Waals surface area contributed by atoms with Crippen LogP contribution in [0, 0.1) is 11.3 Å². The molecule has 2 nitrogen and oxygen atoms in total. The van der Waals surface area contributed by atoms with E-state index in [4.69, 9.17) is 4.52 Å². The predicted molar refractivity (Wildman–Crippen MR) is 83.7 cm³/mol. The van der Waals surface area contributed by atoms with Gasteiger partial charge in [-0.25, -0.2) is 4.57 Å². The summed E-state index contributed by atoms with van der Waals surface area (Å²) in [7, 11) is -0.187. The van der Waals surface area contributed by atoms with E-state index in [1.165, 1.54) is 32.1 Å². The van der Waals surface area contributed by atoms with E-state index in [-0.39, 0.29) is 14.3 Å². The normalized spacial score (nSPS) is 17.4. The SMILES string of the molecule is CCC(C)(CCCCCC(C)CC(C)(C)C)OP=O.